The van der Waals surface area contributed by atoms with Crippen LogP contribution in [0.4, 0.5) is 0 Å². The Morgan fingerprint density at radius 3 is 2.46 bits per heavy atom. The third-order valence-corrected chi connectivity index (χ3v) is 4.18. The molecule has 0 aliphatic carbocycles. The van der Waals surface area contributed by atoms with E-state index < -0.39 is 5.97 Å². The molecule has 0 saturated carbocycles. The average Bonchev–Trinajstić information content (AvgIpc) is 3.09. The van der Waals surface area contributed by atoms with Gasteiger partial charge in [-0.15, -0.1) is 10.2 Å². The fourth-order valence-corrected chi connectivity index (χ4v) is 2.72. The second-order valence-electron chi connectivity index (χ2n) is 4.87. The van der Waals surface area contributed by atoms with Gasteiger partial charge in [0.25, 0.3) is 5.22 Å². The molecule has 0 amide bonds. The molecule has 0 bridgehead atoms. The number of ether oxygens (including phenoxy) is 1. The van der Waals surface area contributed by atoms with Crippen LogP contribution in [0, 0.1) is 0 Å². The Hall–Kier alpha value is -2.80. The van der Waals surface area contributed by atoms with Crippen molar-refractivity contribution in [2.75, 3.05) is 7.11 Å². The van der Waals surface area contributed by atoms with Gasteiger partial charge in [0.2, 0.25) is 5.89 Å². The Bertz CT molecular complexity index is 829. The summed E-state index contributed by atoms with van der Waals surface area (Å²) in [5, 5.41) is 19.2. The molecule has 0 radical (unpaired) electrons. The monoisotopic (exact) mass is 341 g/mol. The molecule has 0 spiro atoms. The molecular formula is C17H13N2O4S-. The molecule has 3 aromatic rings. The van der Waals surface area contributed by atoms with Gasteiger partial charge in [-0.25, -0.2) is 0 Å². The van der Waals surface area contributed by atoms with Crippen LogP contribution in [0.15, 0.2) is 58.2 Å². The van der Waals surface area contributed by atoms with Crippen molar-refractivity contribution in [2.24, 2.45) is 0 Å². The number of methoxy groups -OCH3 is 1. The number of carbonyl (C=O) groups is 1. The van der Waals surface area contributed by atoms with Gasteiger partial charge in [0, 0.05) is 11.3 Å². The first-order chi connectivity index (χ1) is 11.7. The standard InChI is InChI=1S/C17H14N2O4S/c1-22-14-8-6-12(7-9-14)15-18-19-17(23-15)24-10-11-2-4-13(5-3-11)16(20)21/h2-9H,10H2,1H3,(H,20,21)/p-1. The molecule has 6 nitrogen and oxygen atoms in total. The van der Waals surface area contributed by atoms with Gasteiger partial charge in [-0.1, -0.05) is 36.0 Å². The van der Waals surface area contributed by atoms with Crippen molar-refractivity contribution in [1.82, 2.24) is 10.2 Å². The highest BCUT2D eigenvalue weighted by molar-refractivity contribution is 7.98. The van der Waals surface area contributed by atoms with Crippen LogP contribution in [-0.2, 0) is 5.75 Å². The fraction of sp³-hybridized carbons (Fsp3) is 0.118. The first-order valence-electron chi connectivity index (χ1n) is 7.07. The van der Waals surface area contributed by atoms with Crippen LogP contribution < -0.4 is 9.84 Å². The molecule has 0 aliphatic heterocycles. The van der Waals surface area contributed by atoms with Crippen molar-refractivity contribution in [2.45, 2.75) is 11.0 Å². The maximum absolute atomic E-state index is 10.7. The van der Waals surface area contributed by atoms with Gasteiger partial charge < -0.3 is 19.1 Å². The van der Waals surface area contributed by atoms with Crippen LogP contribution >= 0.6 is 11.8 Å². The van der Waals surface area contributed by atoms with Gasteiger partial charge in [0.05, 0.1) is 13.1 Å². The molecule has 0 aliphatic rings. The van der Waals surface area contributed by atoms with E-state index in [0.29, 0.717) is 16.9 Å². The highest BCUT2D eigenvalue weighted by Gasteiger charge is 2.09. The summed E-state index contributed by atoms with van der Waals surface area (Å²) in [4.78, 5) is 10.7. The van der Waals surface area contributed by atoms with Crippen molar-refractivity contribution in [3.63, 3.8) is 0 Å². The molecule has 0 fully saturated rings. The van der Waals surface area contributed by atoms with Crippen LogP contribution in [0.5, 0.6) is 5.75 Å². The normalized spacial score (nSPS) is 10.5. The van der Waals surface area contributed by atoms with Gasteiger partial charge in [-0.2, -0.15) is 0 Å². The van der Waals surface area contributed by atoms with Crippen molar-refractivity contribution in [1.29, 1.82) is 0 Å². The predicted molar refractivity (Wildman–Crippen MR) is 86.6 cm³/mol. The highest BCUT2D eigenvalue weighted by atomic mass is 32.2. The smallest absolute Gasteiger partial charge is 0.277 e. The van der Waals surface area contributed by atoms with Crippen LogP contribution in [-0.4, -0.2) is 23.3 Å². The summed E-state index contributed by atoms with van der Waals surface area (Å²) in [6.07, 6.45) is 0. The summed E-state index contributed by atoms with van der Waals surface area (Å²) < 4.78 is 10.7. The van der Waals surface area contributed by atoms with E-state index in [4.69, 9.17) is 9.15 Å². The lowest BCUT2D eigenvalue weighted by molar-refractivity contribution is -0.255. The number of carboxylic acid groups (broad SMARTS) is 1. The Balaban J connectivity index is 1.64. The molecular weight excluding hydrogens is 328 g/mol. The van der Waals surface area contributed by atoms with E-state index in [2.05, 4.69) is 10.2 Å². The number of rotatable bonds is 6. The molecule has 7 heteroatoms. The van der Waals surface area contributed by atoms with Gasteiger partial charge in [0.1, 0.15) is 5.75 Å². The first-order valence-corrected chi connectivity index (χ1v) is 8.05. The van der Waals surface area contributed by atoms with Crippen LogP contribution in [0.25, 0.3) is 11.5 Å². The highest BCUT2D eigenvalue weighted by Crippen LogP contribution is 2.26. The van der Waals surface area contributed by atoms with E-state index >= 15 is 0 Å². The number of hydrogen-bond donors (Lipinski definition) is 0. The van der Waals surface area contributed by atoms with Crippen LogP contribution in [0.2, 0.25) is 0 Å². The molecule has 0 unspecified atom stereocenters. The van der Waals surface area contributed by atoms with Gasteiger partial charge >= 0.3 is 0 Å². The Morgan fingerprint density at radius 2 is 1.83 bits per heavy atom. The minimum absolute atomic E-state index is 0.156. The molecule has 0 N–H and O–H groups in total. The van der Waals surface area contributed by atoms with E-state index in [1.54, 1.807) is 19.2 Å². The summed E-state index contributed by atoms with van der Waals surface area (Å²) >= 11 is 1.38. The molecule has 122 valence electrons. The SMILES string of the molecule is COc1ccc(-c2nnc(SCc3ccc(C(=O)[O-])cc3)o2)cc1. The van der Waals surface area contributed by atoms with Gasteiger partial charge in [-0.05, 0) is 35.4 Å². The largest absolute Gasteiger partial charge is 0.545 e. The zero-order valence-corrected chi connectivity index (χ0v) is 13.6. The number of nitrogens with zero attached hydrogens (tertiary/aromatic N) is 2. The number of carbonyl (C=O) groups excluding carboxylic acids is 1. The lowest BCUT2D eigenvalue weighted by atomic mass is 10.1. The van der Waals surface area contributed by atoms with Crippen molar-refractivity contribution in [3.8, 4) is 17.2 Å². The zero-order chi connectivity index (χ0) is 16.9. The Kier molecular flexibility index (Phi) is 4.81. The molecule has 1 aromatic heterocycles. The molecule has 0 saturated heterocycles. The second-order valence-corrected chi connectivity index (χ2v) is 5.80. The molecule has 24 heavy (non-hydrogen) atoms. The number of hydrogen-bond acceptors (Lipinski definition) is 7. The summed E-state index contributed by atoms with van der Waals surface area (Å²) in [7, 11) is 1.61. The predicted octanol–water partition coefficient (Wildman–Crippen LogP) is 2.40. The minimum atomic E-state index is -1.18. The van der Waals surface area contributed by atoms with E-state index in [9.17, 15) is 9.90 Å². The first kappa shape index (κ1) is 16.1. The molecule has 0 atom stereocenters. The topological polar surface area (TPSA) is 88.3 Å². The number of benzene rings is 2. The zero-order valence-electron chi connectivity index (χ0n) is 12.8. The maximum Gasteiger partial charge on any atom is 0.277 e. The quantitative estimate of drug-likeness (QED) is 0.636. The summed E-state index contributed by atoms with van der Waals surface area (Å²) in [6, 6.07) is 13.8. The summed E-state index contributed by atoms with van der Waals surface area (Å²) in [5.74, 6) is 0.605. The van der Waals surface area contributed by atoms with Crippen LogP contribution in [0.1, 0.15) is 15.9 Å². The van der Waals surface area contributed by atoms with Gasteiger partial charge in [-0.3, -0.25) is 0 Å². The fourth-order valence-electron chi connectivity index (χ4n) is 2.00. The van der Waals surface area contributed by atoms with Gasteiger partial charge in [0.15, 0.2) is 0 Å². The molecule has 3 rings (SSSR count). The van der Waals surface area contributed by atoms with Crippen LogP contribution in [0.3, 0.4) is 0 Å². The number of aromatic nitrogens is 2. The minimum Gasteiger partial charge on any atom is -0.545 e. The number of aromatic carboxylic acids is 1. The van der Waals surface area contributed by atoms with Crippen molar-refractivity contribution >= 4 is 17.7 Å². The Labute approximate surface area is 142 Å². The van der Waals surface area contributed by atoms with E-state index in [1.807, 2.05) is 24.3 Å². The second kappa shape index (κ2) is 7.18. The Morgan fingerprint density at radius 1 is 1.12 bits per heavy atom. The third kappa shape index (κ3) is 3.75. The van der Waals surface area contributed by atoms with Crippen molar-refractivity contribution in [3.05, 3.63) is 59.7 Å². The summed E-state index contributed by atoms with van der Waals surface area (Å²) in [5.41, 5.74) is 1.92. The number of carboxylic acids is 1. The lowest BCUT2D eigenvalue weighted by Gasteiger charge is -2.03. The summed E-state index contributed by atoms with van der Waals surface area (Å²) in [6.45, 7) is 0. The van der Waals surface area contributed by atoms with Crippen molar-refractivity contribution < 1.29 is 19.1 Å². The van der Waals surface area contributed by atoms with E-state index in [1.165, 1.54) is 23.9 Å². The van der Waals surface area contributed by atoms with E-state index in [-0.39, 0.29) is 5.56 Å². The average molecular weight is 341 g/mol. The molecule has 1 heterocycles. The van der Waals surface area contributed by atoms with E-state index in [0.717, 1.165) is 16.9 Å². The maximum atomic E-state index is 10.7. The number of thioether (sulfide) groups is 1. The third-order valence-electron chi connectivity index (χ3n) is 3.30. The lowest BCUT2D eigenvalue weighted by Crippen LogP contribution is -2.21. The molecule has 2 aromatic carbocycles.